The van der Waals surface area contributed by atoms with Crippen LogP contribution in [0.1, 0.15) is 38.2 Å². The molecule has 0 amide bonds. The largest absolute Gasteiger partial charge is 0.298 e. The lowest BCUT2D eigenvalue weighted by molar-refractivity contribution is 0.0659. The second kappa shape index (κ2) is 7.13. The lowest BCUT2D eigenvalue weighted by Crippen LogP contribution is -2.50. The van der Waals surface area contributed by atoms with Gasteiger partial charge in [-0.05, 0) is 30.4 Å². The van der Waals surface area contributed by atoms with E-state index in [0.29, 0.717) is 0 Å². The molecule has 0 N–H and O–H groups in total. The van der Waals surface area contributed by atoms with Crippen LogP contribution in [0.2, 0.25) is 5.02 Å². The molecule has 0 spiro atoms. The van der Waals surface area contributed by atoms with Crippen LogP contribution in [-0.2, 0) is 6.54 Å². The second-order valence-corrected chi connectivity index (χ2v) is 7.24. The predicted octanol–water partition coefficient (Wildman–Crippen LogP) is 4.04. The van der Waals surface area contributed by atoms with Gasteiger partial charge in [0.05, 0.1) is 0 Å². The number of nitrogens with zero attached hydrogens (tertiary/aromatic N) is 2. The van der Waals surface area contributed by atoms with E-state index in [-0.39, 0.29) is 0 Å². The van der Waals surface area contributed by atoms with Crippen LogP contribution in [0.15, 0.2) is 24.3 Å². The molecule has 3 rings (SSSR count). The Morgan fingerprint density at radius 2 is 1.86 bits per heavy atom. The van der Waals surface area contributed by atoms with Gasteiger partial charge in [-0.15, -0.1) is 0 Å². The Hall–Kier alpha value is -0.570. The van der Waals surface area contributed by atoms with Crippen molar-refractivity contribution in [2.75, 3.05) is 26.2 Å². The van der Waals surface area contributed by atoms with Crippen molar-refractivity contribution in [3.63, 3.8) is 0 Å². The molecule has 1 aliphatic carbocycles. The van der Waals surface area contributed by atoms with Gasteiger partial charge in [0.15, 0.2) is 0 Å². The van der Waals surface area contributed by atoms with E-state index < -0.39 is 0 Å². The molecule has 1 saturated heterocycles. The third-order valence-electron chi connectivity index (χ3n) is 5.18. The fraction of sp³-hybridized carbons (Fsp3) is 0.667. The first-order valence-corrected chi connectivity index (χ1v) is 8.80. The molecular weight excluding hydrogens is 280 g/mol. The van der Waals surface area contributed by atoms with E-state index >= 15 is 0 Å². The molecule has 0 bridgehead atoms. The SMILES string of the molecule is C[C@@H]1CCC[C@H](N2CCN(Cc3ccccc3Cl)CC2)C1. The quantitative estimate of drug-likeness (QED) is 0.831. The van der Waals surface area contributed by atoms with Gasteiger partial charge in [-0.1, -0.05) is 49.6 Å². The van der Waals surface area contributed by atoms with Crippen LogP contribution in [0.4, 0.5) is 0 Å². The Balaban J connectivity index is 1.50. The maximum atomic E-state index is 6.27. The number of hydrogen-bond donors (Lipinski definition) is 0. The number of hydrogen-bond acceptors (Lipinski definition) is 2. The molecule has 0 aromatic heterocycles. The third kappa shape index (κ3) is 4.00. The highest BCUT2D eigenvalue weighted by Crippen LogP contribution is 2.28. The first-order valence-electron chi connectivity index (χ1n) is 8.42. The van der Waals surface area contributed by atoms with E-state index in [0.717, 1.165) is 23.5 Å². The summed E-state index contributed by atoms with van der Waals surface area (Å²) in [6, 6.07) is 9.08. The molecule has 3 heteroatoms. The molecule has 116 valence electrons. The van der Waals surface area contributed by atoms with E-state index in [9.17, 15) is 0 Å². The summed E-state index contributed by atoms with van der Waals surface area (Å²) in [5.74, 6) is 0.921. The molecule has 0 radical (unpaired) electrons. The van der Waals surface area contributed by atoms with Gasteiger partial charge in [0.1, 0.15) is 0 Å². The van der Waals surface area contributed by atoms with Crippen molar-refractivity contribution in [1.29, 1.82) is 0 Å². The van der Waals surface area contributed by atoms with Crippen molar-refractivity contribution in [3.05, 3.63) is 34.9 Å². The van der Waals surface area contributed by atoms with Crippen molar-refractivity contribution < 1.29 is 0 Å². The molecule has 2 atom stereocenters. The summed E-state index contributed by atoms with van der Waals surface area (Å²) in [6.07, 6.45) is 5.67. The fourth-order valence-electron chi connectivity index (χ4n) is 3.89. The molecule has 2 fully saturated rings. The Morgan fingerprint density at radius 1 is 1.10 bits per heavy atom. The van der Waals surface area contributed by atoms with Crippen LogP contribution in [0.25, 0.3) is 0 Å². The smallest absolute Gasteiger partial charge is 0.0451 e. The van der Waals surface area contributed by atoms with Crippen molar-refractivity contribution in [2.45, 2.75) is 45.2 Å². The third-order valence-corrected chi connectivity index (χ3v) is 5.55. The topological polar surface area (TPSA) is 6.48 Å². The number of rotatable bonds is 3. The van der Waals surface area contributed by atoms with E-state index in [1.165, 1.54) is 57.4 Å². The standard InChI is InChI=1S/C18H27ClN2/c1-15-5-4-7-17(13-15)21-11-9-20(10-12-21)14-16-6-2-3-8-18(16)19/h2-3,6,8,15,17H,4-5,7,9-14H2,1H3/t15-,17+/m1/s1. The van der Waals surface area contributed by atoms with E-state index in [4.69, 9.17) is 11.6 Å². The van der Waals surface area contributed by atoms with Crippen LogP contribution < -0.4 is 0 Å². The van der Waals surface area contributed by atoms with Gasteiger partial charge in [0.25, 0.3) is 0 Å². The van der Waals surface area contributed by atoms with Gasteiger partial charge in [-0.3, -0.25) is 9.80 Å². The summed E-state index contributed by atoms with van der Waals surface area (Å²) >= 11 is 6.27. The van der Waals surface area contributed by atoms with Gasteiger partial charge < -0.3 is 0 Å². The molecule has 1 aromatic rings. The number of piperazine rings is 1. The highest BCUT2D eigenvalue weighted by Gasteiger charge is 2.27. The summed E-state index contributed by atoms with van der Waals surface area (Å²) in [4.78, 5) is 5.28. The Morgan fingerprint density at radius 3 is 2.57 bits per heavy atom. The number of benzene rings is 1. The van der Waals surface area contributed by atoms with E-state index in [1.807, 2.05) is 12.1 Å². The summed E-state index contributed by atoms with van der Waals surface area (Å²) in [6.45, 7) is 8.21. The Kier molecular flexibility index (Phi) is 5.20. The van der Waals surface area contributed by atoms with E-state index in [2.05, 4.69) is 28.9 Å². The monoisotopic (exact) mass is 306 g/mol. The highest BCUT2D eigenvalue weighted by atomic mass is 35.5. The maximum absolute atomic E-state index is 6.27. The van der Waals surface area contributed by atoms with Crippen LogP contribution in [-0.4, -0.2) is 42.0 Å². The van der Waals surface area contributed by atoms with E-state index in [1.54, 1.807) is 0 Å². The Bertz CT molecular complexity index is 454. The van der Waals surface area contributed by atoms with Crippen LogP contribution in [0.5, 0.6) is 0 Å². The van der Waals surface area contributed by atoms with Gasteiger partial charge in [0, 0.05) is 43.8 Å². The molecular formula is C18H27ClN2. The zero-order chi connectivity index (χ0) is 14.7. The minimum Gasteiger partial charge on any atom is -0.298 e. The van der Waals surface area contributed by atoms with Crippen molar-refractivity contribution in [1.82, 2.24) is 9.80 Å². The summed E-state index contributed by atoms with van der Waals surface area (Å²) in [7, 11) is 0. The van der Waals surface area contributed by atoms with Crippen LogP contribution in [0.3, 0.4) is 0 Å². The molecule has 1 heterocycles. The average Bonchev–Trinajstić information content (AvgIpc) is 2.50. The van der Waals surface area contributed by atoms with Crippen LogP contribution in [0, 0.1) is 5.92 Å². The summed E-state index contributed by atoms with van der Waals surface area (Å²) in [5, 5.41) is 0.904. The highest BCUT2D eigenvalue weighted by molar-refractivity contribution is 6.31. The second-order valence-electron chi connectivity index (χ2n) is 6.83. The molecule has 0 unspecified atom stereocenters. The molecule has 2 nitrogen and oxygen atoms in total. The average molecular weight is 307 g/mol. The minimum atomic E-state index is 0.844. The predicted molar refractivity (Wildman–Crippen MR) is 89.7 cm³/mol. The summed E-state index contributed by atoms with van der Waals surface area (Å²) < 4.78 is 0. The maximum Gasteiger partial charge on any atom is 0.0451 e. The van der Waals surface area contributed by atoms with Crippen LogP contribution >= 0.6 is 11.6 Å². The number of halogens is 1. The lowest BCUT2D eigenvalue weighted by Gasteiger charge is -2.42. The first kappa shape index (κ1) is 15.3. The lowest BCUT2D eigenvalue weighted by atomic mass is 9.86. The molecule has 1 saturated carbocycles. The zero-order valence-corrected chi connectivity index (χ0v) is 13.9. The normalized spacial score (nSPS) is 28.7. The molecule has 1 aromatic carbocycles. The van der Waals surface area contributed by atoms with Crippen molar-refractivity contribution in [2.24, 2.45) is 5.92 Å². The molecule has 1 aliphatic heterocycles. The molecule has 21 heavy (non-hydrogen) atoms. The van der Waals surface area contributed by atoms with Gasteiger partial charge in [-0.25, -0.2) is 0 Å². The molecule has 2 aliphatic rings. The van der Waals surface area contributed by atoms with Gasteiger partial charge in [-0.2, -0.15) is 0 Å². The van der Waals surface area contributed by atoms with Crippen molar-refractivity contribution >= 4 is 11.6 Å². The Labute approximate surface area is 134 Å². The minimum absolute atomic E-state index is 0.844. The summed E-state index contributed by atoms with van der Waals surface area (Å²) in [5.41, 5.74) is 1.26. The van der Waals surface area contributed by atoms with Crippen molar-refractivity contribution in [3.8, 4) is 0 Å². The van der Waals surface area contributed by atoms with Gasteiger partial charge >= 0.3 is 0 Å². The zero-order valence-electron chi connectivity index (χ0n) is 13.1. The van der Waals surface area contributed by atoms with Gasteiger partial charge in [0.2, 0.25) is 0 Å². The first-order chi connectivity index (χ1) is 10.2. The fourth-order valence-corrected chi connectivity index (χ4v) is 4.08.